The van der Waals surface area contributed by atoms with E-state index in [4.69, 9.17) is 5.26 Å². The van der Waals surface area contributed by atoms with Gasteiger partial charge < -0.3 is 10.2 Å². The summed E-state index contributed by atoms with van der Waals surface area (Å²) >= 11 is 0. The zero-order valence-corrected chi connectivity index (χ0v) is 19.0. The number of nitrogens with one attached hydrogen (secondary N) is 2. The molecule has 0 aliphatic heterocycles. The minimum atomic E-state index is -3.83. The van der Waals surface area contributed by atoms with E-state index in [2.05, 4.69) is 20.5 Å². The molecule has 0 spiro atoms. The molecule has 2 amide bonds. The van der Waals surface area contributed by atoms with Crippen LogP contribution in [0.1, 0.15) is 40.7 Å². The number of carbonyl (C=O) groups is 1. The summed E-state index contributed by atoms with van der Waals surface area (Å²) in [6, 6.07) is 5.56. The van der Waals surface area contributed by atoms with Gasteiger partial charge >= 0.3 is 6.03 Å². The van der Waals surface area contributed by atoms with Crippen molar-refractivity contribution in [1.82, 2.24) is 9.62 Å². The topological polar surface area (TPSA) is 97.6 Å². The van der Waals surface area contributed by atoms with Crippen LogP contribution in [-0.2, 0) is 42.1 Å². The lowest BCUT2D eigenvalue weighted by atomic mass is 9.99. The molecule has 0 saturated carbocycles. The van der Waals surface area contributed by atoms with E-state index >= 15 is 0 Å². The second-order valence-electron chi connectivity index (χ2n) is 8.50. The van der Waals surface area contributed by atoms with E-state index in [0.29, 0.717) is 12.1 Å². The molecule has 1 unspecified atom stereocenters. The Labute approximate surface area is 187 Å². The third kappa shape index (κ3) is 4.33. The number of urea groups is 1. The number of amides is 2. The number of fused-ring (bicyclic) bond motifs is 2. The second-order valence-corrected chi connectivity index (χ2v) is 10.4. The summed E-state index contributed by atoms with van der Waals surface area (Å²) in [6.07, 6.45) is 7.28. The first-order chi connectivity index (χ1) is 15.3. The lowest BCUT2D eigenvalue weighted by Crippen LogP contribution is -2.23. The van der Waals surface area contributed by atoms with Crippen LogP contribution in [0.3, 0.4) is 0 Å². The quantitative estimate of drug-likeness (QED) is 0.528. The highest BCUT2D eigenvalue weighted by atomic mass is 32.2. The minimum absolute atomic E-state index is 0.319. The van der Waals surface area contributed by atoms with Gasteiger partial charge in [-0.2, -0.15) is 5.26 Å². The first kappa shape index (κ1) is 22.2. The van der Waals surface area contributed by atoms with E-state index in [1.165, 1.54) is 23.3 Å². The van der Waals surface area contributed by atoms with E-state index in [-0.39, 0.29) is 4.90 Å². The lowest BCUT2D eigenvalue weighted by Gasteiger charge is -2.16. The van der Waals surface area contributed by atoms with Gasteiger partial charge in [0.25, 0.3) is 0 Å². The normalized spacial score (nSPS) is 16.1. The van der Waals surface area contributed by atoms with Crippen molar-refractivity contribution < 1.29 is 13.4 Å². The summed E-state index contributed by atoms with van der Waals surface area (Å²) in [5.41, 5.74) is 6.11. The molecule has 9 heteroatoms. The molecule has 0 saturated heterocycles. The smallest absolute Gasteiger partial charge is 0.305 e. The predicted octanol–water partition coefficient (Wildman–Crippen LogP) is 3.91. The van der Waals surface area contributed by atoms with Crippen LogP contribution in [0.15, 0.2) is 33.5 Å². The Kier molecular flexibility index (Phi) is 6.17. The van der Waals surface area contributed by atoms with E-state index in [1.807, 2.05) is 19.0 Å². The molecule has 7 nitrogen and oxygen atoms in total. The molecule has 0 aromatic heterocycles. The Morgan fingerprint density at radius 3 is 2.38 bits per heavy atom. The Bertz CT molecular complexity index is 1210. The van der Waals surface area contributed by atoms with Crippen molar-refractivity contribution in [2.45, 2.75) is 50.0 Å². The zero-order valence-electron chi connectivity index (χ0n) is 18.2. The number of nitriles is 1. The number of anilines is 1. The number of aryl methyl sites for hydroxylation is 2. The van der Waals surface area contributed by atoms with Crippen molar-refractivity contribution >= 4 is 21.6 Å². The number of nitrogens with zero attached hydrogens (tertiary/aromatic N) is 3. The standard InChI is InChI=1S/C23H26FN5O2S/c1-29(2)13-15-9-10-21(20(24)11-15)32(31,26-14-25)28-23(30)27-22-18-7-3-5-16(18)12-17-6-4-8-19(17)22/h9-12H,3-8,13H2,1-2H3,(H2,26,27,28,30,31). The van der Waals surface area contributed by atoms with Crippen LogP contribution in [0.2, 0.25) is 0 Å². The van der Waals surface area contributed by atoms with Gasteiger partial charge in [-0.15, -0.1) is 4.36 Å². The molecule has 32 heavy (non-hydrogen) atoms. The van der Waals surface area contributed by atoms with Gasteiger partial charge in [0.2, 0.25) is 0 Å². The van der Waals surface area contributed by atoms with Gasteiger partial charge in [-0.05, 0) is 92.6 Å². The summed E-state index contributed by atoms with van der Waals surface area (Å²) in [5.74, 6) is -0.782. The summed E-state index contributed by atoms with van der Waals surface area (Å²) in [5, 5.41) is 11.9. The monoisotopic (exact) mass is 455 g/mol. The van der Waals surface area contributed by atoms with Gasteiger partial charge in [-0.1, -0.05) is 12.1 Å². The molecule has 2 aromatic carbocycles. The number of halogens is 1. The SMILES string of the molecule is CN(C)Cc1ccc(S(=O)(=NC(=O)Nc2c3c(cc4c2CCC4)CCC3)NC#N)c(F)c1. The molecule has 2 N–H and O–H groups in total. The van der Waals surface area contributed by atoms with Gasteiger partial charge in [-0.3, -0.25) is 0 Å². The number of hydrogen-bond donors (Lipinski definition) is 2. The minimum Gasteiger partial charge on any atom is -0.305 e. The van der Waals surface area contributed by atoms with Gasteiger partial charge in [0.05, 0.1) is 0 Å². The Balaban J connectivity index is 1.70. The molecule has 2 aliphatic rings. The fraction of sp³-hybridized carbons (Fsp3) is 0.391. The highest BCUT2D eigenvalue weighted by Gasteiger charge is 2.26. The number of carbonyl (C=O) groups excluding carboxylic acids is 1. The predicted molar refractivity (Wildman–Crippen MR) is 121 cm³/mol. The van der Waals surface area contributed by atoms with Crippen LogP contribution >= 0.6 is 0 Å². The summed E-state index contributed by atoms with van der Waals surface area (Å²) < 4.78 is 34.0. The average molecular weight is 456 g/mol. The van der Waals surface area contributed by atoms with Gasteiger partial charge in [0.15, 0.2) is 16.1 Å². The third-order valence-electron chi connectivity index (χ3n) is 5.89. The van der Waals surface area contributed by atoms with Crippen molar-refractivity contribution in [3.63, 3.8) is 0 Å². The van der Waals surface area contributed by atoms with Crippen LogP contribution in [-0.4, -0.2) is 29.2 Å². The fourth-order valence-corrected chi connectivity index (χ4v) is 5.87. The number of hydrogen-bond acceptors (Lipinski definition) is 4. The van der Waals surface area contributed by atoms with E-state index in [1.54, 1.807) is 12.3 Å². The largest absolute Gasteiger partial charge is 0.355 e. The third-order valence-corrected chi connectivity index (χ3v) is 7.61. The van der Waals surface area contributed by atoms with Gasteiger partial charge in [-0.25, -0.2) is 18.1 Å². The molecular weight excluding hydrogens is 429 g/mol. The van der Waals surface area contributed by atoms with E-state index in [0.717, 1.165) is 55.3 Å². The highest BCUT2D eigenvalue weighted by Crippen LogP contribution is 2.38. The summed E-state index contributed by atoms with van der Waals surface area (Å²) in [6.45, 7) is 0.492. The van der Waals surface area contributed by atoms with Crippen LogP contribution in [0, 0.1) is 17.3 Å². The molecule has 2 aliphatic carbocycles. The molecule has 0 bridgehead atoms. The fourth-order valence-electron chi connectivity index (χ4n) is 4.63. The lowest BCUT2D eigenvalue weighted by molar-refractivity contribution is 0.260. The van der Waals surface area contributed by atoms with Crippen molar-refractivity contribution in [2.24, 2.45) is 4.36 Å². The average Bonchev–Trinajstić information content (AvgIpc) is 3.36. The summed E-state index contributed by atoms with van der Waals surface area (Å²) in [4.78, 5) is 14.4. The Hall–Kier alpha value is -2.96. The van der Waals surface area contributed by atoms with Crippen molar-refractivity contribution in [2.75, 3.05) is 19.4 Å². The zero-order chi connectivity index (χ0) is 22.9. The van der Waals surface area contributed by atoms with Crippen molar-refractivity contribution in [3.05, 3.63) is 57.9 Å². The van der Waals surface area contributed by atoms with Crippen molar-refractivity contribution in [1.29, 1.82) is 5.26 Å². The van der Waals surface area contributed by atoms with Crippen LogP contribution in [0.4, 0.5) is 14.9 Å². The maximum absolute atomic E-state index is 14.8. The number of rotatable bonds is 5. The van der Waals surface area contributed by atoms with Gasteiger partial charge in [0, 0.05) is 12.2 Å². The molecule has 168 valence electrons. The molecule has 4 rings (SSSR count). The van der Waals surface area contributed by atoms with Gasteiger partial charge in [0.1, 0.15) is 10.7 Å². The molecular formula is C23H26FN5O2S. The molecule has 0 heterocycles. The first-order valence-corrected chi connectivity index (χ1v) is 12.2. The van der Waals surface area contributed by atoms with Crippen LogP contribution in [0.25, 0.3) is 0 Å². The van der Waals surface area contributed by atoms with E-state index < -0.39 is 21.8 Å². The Morgan fingerprint density at radius 2 is 1.81 bits per heavy atom. The molecule has 1 atom stereocenters. The first-order valence-electron chi connectivity index (χ1n) is 10.6. The van der Waals surface area contributed by atoms with E-state index in [9.17, 15) is 13.4 Å². The van der Waals surface area contributed by atoms with Crippen molar-refractivity contribution in [3.8, 4) is 6.19 Å². The Morgan fingerprint density at radius 1 is 1.16 bits per heavy atom. The summed E-state index contributed by atoms with van der Waals surface area (Å²) in [7, 11) is -0.128. The number of benzene rings is 2. The molecule has 0 radical (unpaired) electrons. The maximum Gasteiger partial charge on any atom is 0.355 e. The molecule has 0 fully saturated rings. The van der Waals surface area contributed by atoms with Crippen LogP contribution in [0.5, 0.6) is 0 Å². The molecule has 2 aromatic rings. The highest BCUT2D eigenvalue weighted by molar-refractivity contribution is 7.92. The maximum atomic E-state index is 14.8. The second kappa shape index (κ2) is 8.88. The van der Waals surface area contributed by atoms with Crippen LogP contribution < -0.4 is 10.0 Å².